The van der Waals surface area contributed by atoms with Crippen molar-refractivity contribution in [1.29, 1.82) is 0 Å². The van der Waals surface area contributed by atoms with E-state index in [1.54, 1.807) is 0 Å². The van der Waals surface area contributed by atoms with Crippen LogP contribution in [0.1, 0.15) is 43.7 Å². The number of aryl methyl sites for hydroxylation is 1. The Morgan fingerprint density at radius 2 is 2.13 bits per heavy atom. The van der Waals surface area contributed by atoms with Crippen molar-refractivity contribution in [2.75, 3.05) is 0 Å². The maximum atomic E-state index is 10.6. The Kier molecular flexibility index (Phi) is 2.83. The lowest BCUT2D eigenvalue weighted by Gasteiger charge is -2.25. The Morgan fingerprint density at radius 1 is 1.40 bits per heavy atom. The molecule has 2 rings (SSSR count). The van der Waals surface area contributed by atoms with Gasteiger partial charge in [0.05, 0.1) is 5.60 Å². The quantitative estimate of drug-likeness (QED) is 0.783. The molecule has 0 bridgehead atoms. The zero-order valence-corrected chi connectivity index (χ0v) is 9.66. The minimum absolute atomic E-state index is 0.550. The Labute approximate surface area is 92.1 Å². The molecule has 1 nitrogen and oxygen atoms in total. The molecule has 1 fully saturated rings. The average Bonchev–Trinajstić information content (AvgIpc) is 2.62. The van der Waals surface area contributed by atoms with Crippen LogP contribution in [-0.4, -0.2) is 5.11 Å². The van der Waals surface area contributed by atoms with Crippen molar-refractivity contribution in [3.8, 4) is 0 Å². The summed E-state index contributed by atoms with van der Waals surface area (Å²) in [6, 6.07) is 8.23. The second-order valence-electron chi connectivity index (χ2n) is 4.86. The highest BCUT2D eigenvalue weighted by Gasteiger charge is 2.38. The van der Waals surface area contributed by atoms with Crippen molar-refractivity contribution in [2.45, 2.75) is 45.1 Å². The van der Waals surface area contributed by atoms with Gasteiger partial charge in [0.2, 0.25) is 0 Å². The van der Waals surface area contributed by atoms with Gasteiger partial charge in [-0.05, 0) is 43.2 Å². The summed E-state index contributed by atoms with van der Waals surface area (Å²) in [5, 5.41) is 10.6. The van der Waals surface area contributed by atoms with Gasteiger partial charge in [-0.25, -0.2) is 0 Å². The lowest BCUT2D eigenvalue weighted by atomic mass is 9.88. The first-order valence-corrected chi connectivity index (χ1v) is 5.94. The van der Waals surface area contributed by atoms with Crippen molar-refractivity contribution in [2.24, 2.45) is 5.92 Å². The standard InChI is InChI=1S/C14H20O/c1-3-12-8-9-14(15,10-12)13-7-5-4-6-11(13)2/h4-7,12,15H,3,8-10H2,1-2H3. The summed E-state index contributed by atoms with van der Waals surface area (Å²) in [4.78, 5) is 0. The molecule has 1 aliphatic rings. The van der Waals surface area contributed by atoms with Crippen molar-refractivity contribution >= 4 is 0 Å². The third-order valence-electron chi connectivity index (χ3n) is 3.82. The lowest BCUT2D eigenvalue weighted by molar-refractivity contribution is 0.0392. The predicted molar refractivity (Wildman–Crippen MR) is 62.7 cm³/mol. The molecule has 1 aliphatic carbocycles. The van der Waals surface area contributed by atoms with Crippen LogP contribution in [0.25, 0.3) is 0 Å². The topological polar surface area (TPSA) is 20.2 Å². The van der Waals surface area contributed by atoms with E-state index in [9.17, 15) is 5.11 Å². The third kappa shape index (κ3) is 1.93. The van der Waals surface area contributed by atoms with Crippen LogP contribution in [0.15, 0.2) is 24.3 Å². The molecule has 0 amide bonds. The van der Waals surface area contributed by atoms with Crippen LogP contribution in [0.2, 0.25) is 0 Å². The molecule has 82 valence electrons. The fraction of sp³-hybridized carbons (Fsp3) is 0.571. The monoisotopic (exact) mass is 204 g/mol. The third-order valence-corrected chi connectivity index (χ3v) is 3.82. The smallest absolute Gasteiger partial charge is 0.0901 e. The number of hydrogen-bond donors (Lipinski definition) is 1. The SMILES string of the molecule is CCC1CCC(O)(c2ccccc2C)C1. The summed E-state index contributed by atoms with van der Waals surface area (Å²) in [5.41, 5.74) is 1.81. The van der Waals surface area contributed by atoms with Crippen molar-refractivity contribution in [1.82, 2.24) is 0 Å². The second-order valence-corrected chi connectivity index (χ2v) is 4.86. The summed E-state index contributed by atoms with van der Waals surface area (Å²) < 4.78 is 0. The summed E-state index contributed by atoms with van der Waals surface area (Å²) in [6.45, 7) is 4.31. The lowest BCUT2D eigenvalue weighted by Crippen LogP contribution is -2.22. The van der Waals surface area contributed by atoms with E-state index in [4.69, 9.17) is 0 Å². The van der Waals surface area contributed by atoms with Crippen molar-refractivity contribution < 1.29 is 5.11 Å². The van der Waals surface area contributed by atoms with E-state index in [1.807, 2.05) is 12.1 Å². The molecular weight excluding hydrogens is 184 g/mol. The number of benzene rings is 1. The molecule has 0 saturated heterocycles. The fourth-order valence-corrected chi connectivity index (χ4v) is 2.81. The molecule has 1 aromatic rings. The zero-order chi connectivity index (χ0) is 10.9. The molecule has 0 radical (unpaired) electrons. The van der Waals surface area contributed by atoms with E-state index in [-0.39, 0.29) is 0 Å². The van der Waals surface area contributed by atoms with Crippen LogP contribution in [0.4, 0.5) is 0 Å². The number of hydrogen-bond acceptors (Lipinski definition) is 1. The predicted octanol–water partition coefficient (Wildman–Crippen LogP) is 3.39. The van der Waals surface area contributed by atoms with Crippen LogP contribution in [-0.2, 0) is 5.60 Å². The molecule has 2 unspecified atom stereocenters. The van der Waals surface area contributed by atoms with Crippen LogP contribution in [0, 0.1) is 12.8 Å². The van der Waals surface area contributed by atoms with Gasteiger partial charge in [-0.1, -0.05) is 37.6 Å². The largest absolute Gasteiger partial charge is 0.385 e. The second kappa shape index (κ2) is 3.97. The molecule has 1 N–H and O–H groups in total. The first-order valence-electron chi connectivity index (χ1n) is 5.94. The highest BCUT2D eigenvalue weighted by atomic mass is 16.3. The van der Waals surface area contributed by atoms with Gasteiger partial charge in [-0.3, -0.25) is 0 Å². The highest BCUT2D eigenvalue weighted by molar-refractivity contribution is 5.32. The van der Waals surface area contributed by atoms with Gasteiger partial charge in [-0.2, -0.15) is 0 Å². The molecule has 1 heteroatoms. The Balaban J connectivity index is 2.27. The number of rotatable bonds is 2. The summed E-state index contributed by atoms with van der Waals surface area (Å²) >= 11 is 0. The maximum Gasteiger partial charge on any atom is 0.0901 e. The molecule has 2 atom stereocenters. The Hall–Kier alpha value is -0.820. The summed E-state index contributed by atoms with van der Waals surface area (Å²) in [6.07, 6.45) is 4.22. The Morgan fingerprint density at radius 3 is 2.73 bits per heavy atom. The van der Waals surface area contributed by atoms with Crippen molar-refractivity contribution in [3.63, 3.8) is 0 Å². The van der Waals surface area contributed by atoms with Gasteiger partial charge in [-0.15, -0.1) is 0 Å². The van der Waals surface area contributed by atoms with Crippen LogP contribution in [0.3, 0.4) is 0 Å². The molecular formula is C14H20O. The van der Waals surface area contributed by atoms with Crippen LogP contribution in [0.5, 0.6) is 0 Å². The van der Waals surface area contributed by atoms with E-state index in [0.29, 0.717) is 5.92 Å². The van der Waals surface area contributed by atoms with E-state index in [1.165, 1.54) is 18.4 Å². The molecule has 0 spiro atoms. The first-order chi connectivity index (χ1) is 7.15. The molecule has 0 heterocycles. The van der Waals surface area contributed by atoms with E-state index >= 15 is 0 Å². The van der Waals surface area contributed by atoms with E-state index in [2.05, 4.69) is 26.0 Å². The molecule has 15 heavy (non-hydrogen) atoms. The van der Waals surface area contributed by atoms with Gasteiger partial charge in [0.15, 0.2) is 0 Å². The van der Waals surface area contributed by atoms with Gasteiger partial charge in [0.1, 0.15) is 0 Å². The van der Waals surface area contributed by atoms with Gasteiger partial charge in [0.25, 0.3) is 0 Å². The molecule has 1 saturated carbocycles. The Bertz CT molecular complexity index is 345. The average molecular weight is 204 g/mol. The normalized spacial score (nSPS) is 30.7. The summed E-state index contributed by atoms with van der Waals surface area (Å²) in [7, 11) is 0. The number of aliphatic hydroxyl groups is 1. The first kappa shape index (κ1) is 10.7. The molecule has 1 aromatic carbocycles. The minimum Gasteiger partial charge on any atom is -0.385 e. The minimum atomic E-state index is -0.550. The van der Waals surface area contributed by atoms with Gasteiger partial charge >= 0.3 is 0 Å². The van der Waals surface area contributed by atoms with Gasteiger partial charge in [0, 0.05) is 0 Å². The van der Waals surface area contributed by atoms with Crippen molar-refractivity contribution in [3.05, 3.63) is 35.4 Å². The maximum absolute atomic E-state index is 10.6. The van der Waals surface area contributed by atoms with E-state index < -0.39 is 5.60 Å². The molecule has 0 aliphatic heterocycles. The highest BCUT2D eigenvalue weighted by Crippen LogP contribution is 2.44. The van der Waals surface area contributed by atoms with E-state index in [0.717, 1.165) is 18.4 Å². The van der Waals surface area contributed by atoms with Gasteiger partial charge < -0.3 is 5.11 Å². The zero-order valence-electron chi connectivity index (χ0n) is 9.66. The fourth-order valence-electron chi connectivity index (χ4n) is 2.81. The van der Waals surface area contributed by atoms with Crippen LogP contribution < -0.4 is 0 Å². The van der Waals surface area contributed by atoms with Crippen LogP contribution >= 0.6 is 0 Å². The summed E-state index contributed by atoms with van der Waals surface area (Å²) in [5.74, 6) is 0.703. The molecule has 0 aromatic heterocycles.